The van der Waals surface area contributed by atoms with Crippen molar-refractivity contribution in [2.45, 2.75) is 19.0 Å². The third-order valence-electron chi connectivity index (χ3n) is 4.80. The van der Waals surface area contributed by atoms with Crippen LogP contribution in [-0.2, 0) is 17.4 Å². The van der Waals surface area contributed by atoms with Gasteiger partial charge in [-0.05, 0) is 42.5 Å². The van der Waals surface area contributed by atoms with Crippen LogP contribution in [0.25, 0.3) is 11.0 Å². The van der Waals surface area contributed by atoms with Gasteiger partial charge in [0.05, 0.1) is 5.56 Å². The fourth-order valence-corrected chi connectivity index (χ4v) is 3.16. The van der Waals surface area contributed by atoms with E-state index in [1.807, 2.05) is 0 Å². The van der Waals surface area contributed by atoms with Gasteiger partial charge in [-0.25, -0.2) is 9.59 Å². The maximum Gasteiger partial charge on any atom is 0.512 e. The normalized spacial score (nSPS) is 11.2. The van der Waals surface area contributed by atoms with E-state index >= 15 is 0 Å². The first kappa shape index (κ1) is 25.0. The van der Waals surface area contributed by atoms with Gasteiger partial charge in [0, 0.05) is 24.2 Å². The van der Waals surface area contributed by atoms with Gasteiger partial charge in [-0.2, -0.15) is 33.6 Å². The van der Waals surface area contributed by atoms with Crippen molar-refractivity contribution in [3.8, 4) is 5.88 Å². The Labute approximate surface area is 204 Å². The van der Waals surface area contributed by atoms with Crippen LogP contribution >= 0.6 is 0 Å². The number of nitrogens with zero attached hydrogens (tertiary/aromatic N) is 3. The molecule has 0 bridgehead atoms. The summed E-state index contributed by atoms with van der Waals surface area (Å²) in [4.78, 5) is 42.2. The second-order valence-corrected chi connectivity index (χ2v) is 7.46. The molecule has 0 aliphatic heterocycles. The molecule has 6 N–H and O–H groups in total. The molecule has 0 saturated carbocycles. The number of amides is 3. The molecule has 0 aliphatic rings. The van der Waals surface area contributed by atoms with Crippen LogP contribution in [0.1, 0.15) is 17.8 Å². The Kier molecular flexibility index (Phi) is 6.90. The van der Waals surface area contributed by atoms with Gasteiger partial charge in [0.25, 0.3) is 5.88 Å². The predicted molar refractivity (Wildman–Crippen MR) is 122 cm³/mol. The Hall–Kier alpha value is -5.15. The highest BCUT2D eigenvalue weighted by atomic mass is 19.4. The lowest BCUT2D eigenvalue weighted by Gasteiger charge is -2.09. The van der Waals surface area contributed by atoms with Crippen LogP contribution in [-0.4, -0.2) is 48.6 Å². The van der Waals surface area contributed by atoms with E-state index in [1.54, 1.807) is 18.2 Å². The van der Waals surface area contributed by atoms with E-state index in [-0.39, 0.29) is 36.1 Å². The van der Waals surface area contributed by atoms with E-state index < -0.39 is 29.8 Å². The quantitative estimate of drug-likeness (QED) is 0.198. The molecule has 13 nitrogen and oxygen atoms in total. The summed E-state index contributed by atoms with van der Waals surface area (Å²) in [6.07, 6.45) is -6.27. The van der Waals surface area contributed by atoms with Gasteiger partial charge in [-0.3, -0.25) is 10.1 Å². The fraction of sp³-hybridized carbons (Fsp3) is 0.143. The zero-order valence-electron chi connectivity index (χ0n) is 18.5. The lowest BCUT2D eigenvalue weighted by Crippen LogP contribution is -2.20. The highest BCUT2D eigenvalue weighted by Crippen LogP contribution is 2.30. The molecule has 192 valence electrons. The number of imidazole rings is 1. The minimum Gasteiger partial charge on any atom is -0.449 e. The summed E-state index contributed by atoms with van der Waals surface area (Å²) in [7, 11) is 0. The van der Waals surface area contributed by atoms with Crippen molar-refractivity contribution in [2.75, 3.05) is 16.0 Å². The van der Waals surface area contributed by atoms with Crippen LogP contribution in [0.2, 0.25) is 0 Å². The number of H-pyrrole nitrogens is 2. The van der Waals surface area contributed by atoms with Crippen LogP contribution in [0.5, 0.6) is 5.88 Å². The van der Waals surface area contributed by atoms with Gasteiger partial charge >= 0.3 is 18.4 Å². The molecule has 2 aromatic carbocycles. The summed E-state index contributed by atoms with van der Waals surface area (Å²) in [5, 5.41) is 26.5. The van der Waals surface area contributed by atoms with Crippen LogP contribution in [0.15, 0.2) is 42.5 Å². The molecule has 0 fully saturated rings. The standard InChI is InChI=1S/C21H17F3N8O5/c22-21(23,24)10-1-3-11(4-2-10)26-19(34)29-17-18(37-20(35)36)28-15(27-17)7-8-16(33)25-12-5-6-13-14(9-12)31-32-30-13/h1-6,9H,7-8H2,(H,25,33)(H,27,28)(H,35,36)(H2,26,29,34)(H,30,31,32). The maximum atomic E-state index is 12.7. The zero-order chi connectivity index (χ0) is 26.6. The van der Waals surface area contributed by atoms with Crippen molar-refractivity contribution in [1.29, 1.82) is 0 Å². The van der Waals surface area contributed by atoms with Crippen LogP contribution in [0.3, 0.4) is 0 Å². The Morgan fingerprint density at radius 2 is 1.65 bits per heavy atom. The molecule has 0 atom stereocenters. The molecule has 2 aromatic heterocycles. The number of carbonyl (C=O) groups is 3. The third kappa shape index (κ3) is 6.50. The van der Waals surface area contributed by atoms with Crippen molar-refractivity contribution < 1.29 is 37.4 Å². The van der Waals surface area contributed by atoms with Crippen molar-refractivity contribution in [2.24, 2.45) is 0 Å². The summed E-state index contributed by atoms with van der Waals surface area (Å²) in [6, 6.07) is 7.71. The van der Waals surface area contributed by atoms with E-state index in [2.05, 4.69) is 46.1 Å². The van der Waals surface area contributed by atoms with Gasteiger partial charge in [-0.15, -0.1) is 0 Å². The molecule has 0 unspecified atom stereocenters. The van der Waals surface area contributed by atoms with E-state index in [9.17, 15) is 27.6 Å². The van der Waals surface area contributed by atoms with Gasteiger partial charge < -0.3 is 25.5 Å². The lowest BCUT2D eigenvalue weighted by atomic mass is 10.2. The van der Waals surface area contributed by atoms with E-state index in [0.717, 1.165) is 24.3 Å². The molecule has 4 aromatic rings. The number of fused-ring (bicyclic) bond motifs is 1. The molecule has 3 amide bonds. The van der Waals surface area contributed by atoms with Gasteiger partial charge in [-0.1, -0.05) is 0 Å². The largest absolute Gasteiger partial charge is 0.512 e. The fourth-order valence-electron chi connectivity index (χ4n) is 3.16. The number of aromatic amines is 2. The topological polar surface area (TPSA) is 187 Å². The molecule has 0 spiro atoms. The molecule has 0 radical (unpaired) electrons. The maximum absolute atomic E-state index is 12.7. The number of anilines is 3. The summed E-state index contributed by atoms with van der Waals surface area (Å²) in [6.45, 7) is 0. The van der Waals surface area contributed by atoms with Crippen LogP contribution < -0.4 is 20.7 Å². The number of ether oxygens (including phenoxy) is 1. The van der Waals surface area contributed by atoms with Gasteiger partial charge in [0.1, 0.15) is 16.9 Å². The minimum absolute atomic E-state index is 0.0240. The monoisotopic (exact) mass is 518 g/mol. The second kappa shape index (κ2) is 10.2. The second-order valence-electron chi connectivity index (χ2n) is 7.46. The molecule has 4 rings (SSSR count). The molecule has 2 heterocycles. The van der Waals surface area contributed by atoms with Gasteiger partial charge in [0.2, 0.25) is 5.91 Å². The smallest absolute Gasteiger partial charge is 0.449 e. The Morgan fingerprint density at radius 3 is 2.35 bits per heavy atom. The molecule has 0 aliphatic carbocycles. The Balaban J connectivity index is 1.37. The number of aromatic nitrogens is 5. The number of carboxylic acid groups (broad SMARTS) is 1. The highest BCUT2D eigenvalue weighted by Gasteiger charge is 2.30. The number of benzene rings is 2. The average molecular weight is 518 g/mol. The molecule has 16 heteroatoms. The number of alkyl halides is 3. The Bertz CT molecular complexity index is 1450. The number of aryl methyl sites for hydroxylation is 1. The zero-order valence-corrected chi connectivity index (χ0v) is 18.5. The number of urea groups is 1. The number of nitrogens with one attached hydrogen (secondary N) is 5. The Morgan fingerprint density at radius 1 is 0.946 bits per heavy atom. The van der Waals surface area contributed by atoms with E-state index in [0.29, 0.717) is 16.7 Å². The van der Waals surface area contributed by atoms with Crippen molar-refractivity contribution in [3.63, 3.8) is 0 Å². The lowest BCUT2D eigenvalue weighted by molar-refractivity contribution is -0.137. The third-order valence-corrected chi connectivity index (χ3v) is 4.80. The highest BCUT2D eigenvalue weighted by molar-refractivity contribution is 6.00. The number of halogens is 3. The summed E-state index contributed by atoms with van der Waals surface area (Å²) < 4.78 is 42.6. The van der Waals surface area contributed by atoms with Crippen molar-refractivity contribution in [3.05, 3.63) is 53.9 Å². The molecular formula is C21H17F3N8O5. The molecular weight excluding hydrogens is 501 g/mol. The molecule has 0 saturated heterocycles. The number of carbonyl (C=O) groups excluding carboxylic acids is 2. The SMILES string of the molecule is O=C(CCc1nc(OC(=O)O)c(NC(=O)Nc2ccc(C(F)(F)F)cc2)[nH]1)Nc1ccc2n[nH]nc2c1. The summed E-state index contributed by atoms with van der Waals surface area (Å²) >= 11 is 0. The minimum atomic E-state index is -4.53. The molecule has 37 heavy (non-hydrogen) atoms. The number of hydrogen-bond acceptors (Lipinski definition) is 7. The predicted octanol–water partition coefficient (Wildman–Crippen LogP) is 3.97. The van der Waals surface area contributed by atoms with Crippen molar-refractivity contribution in [1.82, 2.24) is 25.4 Å². The number of hydrogen-bond donors (Lipinski definition) is 6. The first-order chi connectivity index (χ1) is 17.6. The number of rotatable bonds is 7. The summed E-state index contributed by atoms with van der Waals surface area (Å²) in [5.74, 6) is -0.974. The van der Waals surface area contributed by atoms with E-state index in [4.69, 9.17) is 5.11 Å². The van der Waals surface area contributed by atoms with E-state index in [1.165, 1.54) is 0 Å². The first-order valence-electron chi connectivity index (χ1n) is 10.4. The van der Waals surface area contributed by atoms with Crippen LogP contribution in [0, 0.1) is 0 Å². The average Bonchev–Trinajstić information content (AvgIpc) is 3.43. The first-order valence-corrected chi connectivity index (χ1v) is 10.4. The van der Waals surface area contributed by atoms with Crippen molar-refractivity contribution >= 4 is 46.3 Å². The van der Waals surface area contributed by atoms with Gasteiger partial charge in [0.15, 0.2) is 5.82 Å². The van der Waals surface area contributed by atoms with Crippen LogP contribution in [0.4, 0.5) is 40.0 Å². The summed E-state index contributed by atoms with van der Waals surface area (Å²) in [5.41, 5.74) is 0.831.